The first-order chi connectivity index (χ1) is 16.0. The highest BCUT2D eigenvalue weighted by molar-refractivity contribution is 7.98. The van der Waals surface area contributed by atoms with Crippen LogP contribution in [0.5, 0.6) is 0 Å². The van der Waals surface area contributed by atoms with Crippen molar-refractivity contribution in [2.75, 3.05) is 5.32 Å². The number of nitrogens with one attached hydrogen (secondary N) is 2. The first-order valence-electron chi connectivity index (χ1n) is 9.86. The number of aromatic nitrogens is 3. The molecule has 3 aromatic carbocycles. The number of rotatable bonds is 7. The Hall–Kier alpha value is -2.71. The average Bonchev–Trinajstić information content (AvgIpc) is 3.22. The van der Waals surface area contributed by atoms with Crippen molar-refractivity contribution in [3.8, 4) is 5.69 Å². The standard InChI is InChI=1S/C23H18Cl3N5OS/c24-16-6-9-18(10-7-16)28-22(32)27-13-21-29-30-23(33-14-15-4-2-1-3-5-15)31(21)20-12-17(25)8-11-19(20)26/h1-12H,13-14H2,(H2,27,28,32). The van der Waals surface area contributed by atoms with E-state index in [0.29, 0.717) is 43.2 Å². The Morgan fingerprint density at radius 2 is 1.64 bits per heavy atom. The Kier molecular flexibility index (Phi) is 7.77. The van der Waals surface area contributed by atoms with Gasteiger partial charge in [-0.15, -0.1) is 10.2 Å². The monoisotopic (exact) mass is 517 g/mol. The molecule has 0 aliphatic carbocycles. The summed E-state index contributed by atoms with van der Waals surface area (Å²) >= 11 is 20.1. The van der Waals surface area contributed by atoms with Crippen molar-refractivity contribution in [3.05, 3.63) is 99.3 Å². The fraction of sp³-hybridized carbons (Fsp3) is 0.0870. The van der Waals surface area contributed by atoms with Crippen LogP contribution in [0.25, 0.3) is 5.69 Å². The Bertz CT molecular complexity index is 1250. The molecule has 0 saturated heterocycles. The van der Waals surface area contributed by atoms with Crippen LogP contribution in [-0.4, -0.2) is 20.8 Å². The summed E-state index contributed by atoms with van der Waals surface area (Å²) in [6, 6.07) is 21.7. The van der Waals surface area contributed by atoms with Crippen LogP contribution in [0.15, 0.2) is 78.0 Å². The van der Waals surface area contributed by atoms with Gasteiger partial charge in [0.15, 0.2) is 11.0 Å². The normalized spacial score (nSPS) is 10.8. The van der Waals surface area contributed by atoms with Crippen LogP contribution in [-0.2, 0) is 12.3 Å². The molecule has 0 bridgehead atoms. The molecule has 33 heavy (non-hydrogen) atoms. The number of benzene rings is 3. The molecule has 0 aliphatic heterocycles. The number of amides is 2. The number of urea groups is 1. The van der Waals surface area contributed by atoms with Crippen molar-refractivity contribution < 1.29 is 4.79 Å². The lowest BCUT2D eigenvalue weighted by molar-refractivity contribution is 0.251. The van der Waals surface area contributed by atoms with Gasteiger partial charge in [0, 0.05) is 21.5 Å². The van der Waals surface area contributed by atoms with Gasteiger partial charge in [0.1, 0.15) is 0 Å². The summed E-state index contributed by atoms with van der Waals surface area (Å²) in [7, 11) is 0. The summed E-state index contributed by atoms with van der Waals surface area (Å²) in [6.45, 7) is 0.126. The summed E-state index contributed by atoms with van der Waals surface area (Å²) in [5.41, 5.74) is 2.41. The second-order valence-corrected chi connectivity index (χ2v) is 9.14. The largest absolute Gasteiger partial charge is 0.331 e. The molecule has 0 atom stereocenters. The highest BCUT2D eigenvalue weighted by Crippen LogP contribution is 2.31. The maximum atomic E-state index is 12.4. The molecule has 0 saturated carbocycles. The predicted octanol–water partition coefficient (Wildman–Crippen LogP) is 6.84. The van der Waals surface area contributed by atoms with E-state index in [1.807, 2.05) is 34.9 Å². The van der Waals surface area contributed by atoms with Gasteiger partial charge in [-0.05, 0) is 48.0 Å². The highest BCUT2D eigenvalue weighted by atomic mass is 35.5. The smallest absolute Gasteiger partial charge is 0.319 e. The lowest BCUT2D eigenvalue weighted by Crippen LogP contribution is -2.29. The van der Waals surface area contributed by atoms with Crippen molar-refractivity contribution in [3.63, 3.8) is 0 Å². The van der Waals surface area contributed by atoms with Crippen LogP contribution < -0.4 is 10.6 Å². The molecule has 2 N–H and O–H groups in total. The van der Waals surface area contributed by atoms with Gasteiger partial charge < -0.3 is 10.6 Å². The number of carbonyl (C=O) groups is 1. The van der Waals surface area contributed by atoms with Crippen molar-refractivity contribution in [2.24, 2.45) is 0 Å². The number of hydrogen-bond acceptors (Lipinski definition) is 4. The van der Waals surface area contributed by atoms with Crippen molar-refractivity contribution in [2.45, 2.75) is 17.5 Å². The van der Waals surface area contributed by atoms with E-state index in [9.17, 15) is 4.79 Å². The van der Waals surface area contributed by atoms with Crippen molar-refractivity contribution in [1.29, 1.82) is 0 Å². The molecule has 4 aromatic rings. The molecule has 0 unspecified atom stereocenters. The van der Waals surface area contributed by atoms with E-state index >= 15 is 0 Å². The fourth-order valence-corrected chi connectivity index (χ4v) is 4.41. The van der Waals surface area contributed by atoms with Gasteiger partial charge >= 0.3 is 6.03 Å². The molecule has 0 spiro atoms. The van der Waals surface area contributed by atoms with Crippen LogP contribution in [0.1, 0.15) is 11.4 Å². The molecule has 168 valence electrons. The zero-order valence-electron chi connectivity index (χ0n) is 17.1. The fourth-order valence-electron chi connectivity index (χ4n) is 3.00. The Morgan fingerprint density at radius 1 is 0.909 bits per heavy atom. The molecule has 1 aromatic heterocycles. The zero-order chi connectivity index (χ0) is 23.2. The van der Waals surface area contributed by atoms with Crippen molar-refractivity contribution >= 4 is 58.3 Å². The van der Waals surface area contributed by atoms with Gasteiger partial charge in [-0.25, -0.2) is 4.79 Å². The van der Waals surface area contributed by atoms with Crippen LogP contribution in [0.3, 0.4) is 0 Å². The Labute approximate surface area is 210 Å². The Morgan fingerprint density at radius 3 is 2.39 bits per heavy atom. The first kappa shape index (κ1) is 23.4. The second-order valence-electron chi connectivity index (χ2n) is 6.92. The maximum Gasteiger partial charge on any atom is 0.319 e. The number of anilines is 1. The lowest BCUT2D eigenvalue weighted by atomic mass is 10.2. The molecule has 6 nitrogen and oxygen atoms in total. The van der Waals surface area contributed by atoms with Crippen LogP contribution in [0, 0.1) is 0 Å². The molecular formula is C23H18Cl3N5OS. The van der Waals surface area contributed by atoms with E-state index < -0.39 is 0 Å². The number of nitrogens with zero attached hydrogens (tertiary/aromatic N) is 3. The van der Waals surface area contributed by atoms with Gasteiger partial charge in [-0.2, -0.15) is 0 Å². The van der Waals surface area contributed by atoms with Crippen LogP contribution in [0.2, 0.25) is 15.1 Å². The zero-order valence-corrected chi connectivity index (χ0v) is 20.2. The molecular weight excluding hydrogens is 501 g/mol. The molecule has 0 aliphatic rings. The maximum absolute atomic E-state index is 12.4. The lowest BCUT2D eigenvalue weighted by Gasteiger charge is -2.13. The first-order valence-corrected chi connectivity index (χ1v) is 12.0. The SMILES string of the molecule is O=C(NCc1nnc(SCc2ccccc2)n1-c1cc(Cl)ccc1Cl)Nc1ccc(Cl)cc1. The minimum absolute atomic E-state index is 0.126. The van der Waals surface area contributed by atoms with Gasteiger partial charge in [-0.1, -0.05) is 76.9 Å². The van der Waals surface area contributed by atoms with E-state index in [4.69, 9.17) is 34.8 Å². The number of carbonyl (C=O) groups excluding carboxylic acids is 1. The van der Waals surface area contributed by atoms with Gasteiger partial charge in [-0.3, -0.25) is 4.57 Å². The number of halogens is 3. The summed E-state index contributed by atoms with van der Waals surface area (Å²) in [5, 5.41) is 16.4. The molecule has 1 heterocycles. The summed E-state index contributed by atoms with van der Waals surface area (Å²) in [6.07, 6.45) is 0. The third kappa shape index (κ3) is 6.21. The van der Waals surface area contributed by atoms with Crippen LogP contribution >= 0.6 is 46.6 Å². The minimum Gasteiger partial charge on any atom is -0.331 e. The molecule has 0 radical (unpaired) electrons. The average molecular weight is 519 g/mol. The summed E-state index contributed by atoms with van der Waals surface area (Å²) in [5.74, 6) is 1.21. The van der Waals surface area contributed by atoms with Crippen LogP contribution in [0.4, 0.5) is 10.5 Å². The highest BCUT2D eigenvalue weighted by Gasteiger charge is 2.18. The summed E-state index contributed by atoms with van der Waals surface area (Å²) < 4.78 is 1.81. The van der Waals surface area contributed by atoms with E-state index in [1.54, 1.807) is 42.5 Å². The van der Waals surface area contributed by atoms with Crippen molar-refractivity contribution in [1.82, 2.24) is 20.1 Å². The molecule has 0 fully saturated rings. The quantitative estimate of drug-likeness (QED) is 0.263. The van der Waals surface area contributed by atoms with Gasteiger partial charge in [0.05, 0.1) is 17.3 Å². The Balaban J connectivity index is 1.55. The van der Waals surface area contributed by atoms with E-state index in [1.165, 1.54) is 11.8 Å². The predicted molar refractivity (Wildman–Crippen MR) is 135 cm³/mol. The molecule has 4 rings (SSSR count). The van der Waals surface area contributed by atoms with Gasteiger partial charge in [0.25, 0.3) is 0 Å². The third-order valence-corrected chi connectivity index (χ3v) is 6.38. The third-order valence-electron chi connectivity index (χ3n) is 4.57. The van der Waals surface area contributed by atoms with E-state index in [-0.39, 0.29) is 12.6 Å². The molecule has 10 heteroatoms. The number of hydrogen-bond donors (Lipinski definition) is 2. The minimum atomic E-state index is -0.387. The summed E-state index contributed by atoms with van der Waals surface area (Å²) in [4.78, 5) is 12.4. The number of thioether (sulfide) groups is 1. The molecule has 2 amide bonds. The topological polar surface area (TPSA) is 71.8 Å². The van der Waals surface area contributed by atoms with E-state index in [0.717, 1.165) is 5.56 Å². The van der Waals surface area contributed by atoms with E-state index in [2.05, 4.69) is 20.8 Å². The van der Waals surface area contributed by atoms with Gasteiger partial charge in [0.2, 0.25) is 0 Å². The second kappa shape index (κ2) is 10.9.